The molecular weight excluding hydrogens is 260 g/mol. The van der Waals surface area contributed by atoms with Crippen LogP contribution in [0.4, 0.5) is 5.69 Å². The molecule has 3 heteroatoms. The molecule has 0 spiro atoms. The Hall–Kier alpha value is -1.06. The summed E-state index contributed by atoms with van der Waals surface area (Å²) < 4.78 is 5.69. The SMILES string of the molecule is CC1OCCC1(C)NCc1ccc(N2CCCCC2)cc1. The fourth-order valence-electron chi connectivity index (χ4n) is 3.35. The van der Waals surface area contributed by atoms with Crippen LogP contribution in [0.15, 0.2) is 24.3 Å². The maximum Gasteiger partial charge on any atom is 0.0726 e. The second kappa shape index (κ2) is 6.37. The quantitative estimate of drug-likeness (QED) is 0.919. The summed E-state index contributed by atoms with van der Waals surface area (Å²) in [4.78, 5) is 2.51. The van der Waals surface area contributed by atoms with Gasteiger partial charge in [-0.15, -0.1) is 0 Å². The molecule has 0 radical (unpaired) electrons. The summed E-state index contributed by atoms with van der Waals surface area (Å²) in [5, 5.41) is 3.68. The van der Waals surface area contributed by atoms with Crippen molar-refractivity contribution >= 4 is 5.69 Å². The molecule has 3 nitrogen and oxygen atoms in total. The van der Waals surface area contributed by atoms with E-state index in [-0.39, 0.29) is 5.54 Å². The van der Waals surface area contributed by atoms with Crippen LogP contribution in [-0.2, 0) is 11.3 Å². The molecule has 0 bridgehead atoms. The largest absolute Gasteiger partial charge is 0.377 e. The third kappa shape index (κ3) is 3.41. The van der Waals surface area contributed by atoms with Gasteiger partial charge in [0.2, 0.25) is 0 Å². The van der Waals surface area contributed by atoms with Gasteiger partial charge in [0.05, 0.1) is 6.10 Å². The smallest absolute Gasteiger partial charge is 0.0726 e. The first-order chi connectivity index (χ1) is 10.2. The van der Waals surface area contributed by atoms with Crippen LogP contribution in [0.1, 0.15) is 45.1 Å². The predicted octanol–water partition coefficient (Wildman–Crippen LogP) is 3.33. The van der Waals surface area contributed by atoms with Crippen LogP contribution >= 0.6 is 0 Å². The molecule has 2 aliphatic rings. The summed E-state index contributed by atoms with van der Waals surface area (Å²) in [5.41, 5.74) is 2.85. The van der Waals surface area contributed by atoms with Crippen LogP contribution in [0.2, 0.25) is 0 Å². The van der Waals surface area contributed by atoms with E-state index in [1.807, 2.05) is 0 Å². The van der Waals surface area contributed by atoms with Crippen molar-refractivity contribution < 1.29 is 4.74 Å². The summed E-state index contributed by atoms with van der Waals surface area (Å²) in [6.45, 7) is 8.66. The topological polar surface area (TPSA) is 24.5 Å². The Labute approximate surface area is 128 Å². The van der Waals surface area contributed by atoms with Crippen molar-refractivity contribution in [3.63, 3.8) is 0 Å². The standard InChI is InChI=1S/C18H28N2O/c1-15-18(2,10-13-21-15)19-14-16-6-8-17(9-7-16)20-11-4-3-5-12-20/h6-9,15,19H,3-5,10-14H2,1-2H3. The Morgan fingerprint density at radius 1 is 1.19 bits per heavy atom. The number of nitrogens with zero attached hydrogens (tertiary/aromatic N) is 1. The maximum atomic E-state index is 5.69. The zero-order valence-corrected chi connectivity index (χ0v) is 13.4. The molecule has 2 heterocycles. The van der Waals surface area contributed by atoms with Gasteiger partial charge in [0, 0.05) is 37.5 Å². The molecule has 2 unspecified atom stereocenters. The third-order valence-electron chi connectivity index (χ3n) is 5.24. The number of ether oxygens (including phenoxy) is 1. The molecule has 0 aliphatic carbocycles. The molecule has 2 saturated heterocycles. The van der Waals surface area contributed by atoms with E-state index in [1.54, 1.807) is 0 Å². The van der Waals surface area contributed by atoms with Crippen molar-refractivity contribution in [2.45, 2.75) is 57.7 Å². The summed E-state index contributed by atoms with van der Waals surface area (Å²) >= 11 is 0. The Morgan fingerprint density at radius 3 is 2.52 bits per heavy atom. The molecule has 1 aromatic carbocycles. The van der Waals surface area contributed by atoms with E-state index < -0.39 is 0 Å². The molecule has 3 rings (SSSR count). The van der Waals surface area contributed by atoms with Gasteiger partial charge in [0.25, 0.3) is 0 Å². The minimum absolute atomic E-state index is 0.117. The molecule has 21 heavy (non-hydrogen) atoms. The summed E-state index contributed by atoms with van der Waals surface area (Å²) in [6.07, 6.45) is 5.45. The third-order valence-corrected chi connectivity index (χ3v) is 5.24. The Bertz CT molecular complexity index is 453. The molecule has 1 N–H and O–H groups in total. The van der Waals surface area contributed by atoms with Gasteiger partial charge in [-0.05, 0) is 57.2 Å². The lowest BCUT2D eigenvalue weighted by atomic mass is 9.94. The van der Waals surface area contributed by atoms with Crippen molar-refractivity contribution in [3.8, 4) is 0 Å². The lowest BCUT2D eigenvalue weighted by Crippen LogP contribution is -2.47. The molecule has 2 aliphatic heterocycles. The number of nitrogens with one attached hydrogen (secondary N) is 1. The van der Waals surface area contributed by atoms with E-state index in [9.17, 15) is 0 Å². The first-order valence-corrected chi connectivity index (χ1v) is 8.38. The van der Waals surface area contributed by atoms with Crippen molar-refractivity contribution in [2.75, 3.05) is 24.6 Å². The molecular formula is C18H28N2O. The van der Waals surface area contributed by atoms with Crippen molar-refractivity contribution in [1.82, 2.24) is 5.32 Å². The molecule has 2 fully saturated rings. The normalized spacial score (nSPS) is 29.8. The van der Waals surface area contributed by atoms with Crippen molar-refractivity contribution in [3.05, 3.63) is 29.8 Å². The molecule has 0 amide bonds. The number of anilines is 1. The fraction of sp³-hybridized carbons (Fsp3) is 0.667. The molecule has 0 saturated carbocycles. The highest BCUT2D eigenvalue weighted by atomic mass is 16.5. The second-order valence-electron chi connectivity index (χ2n) is 6.75. The fourth-order valence-corrected chi connectivity index (χ4v) is 3.35. The van der Waals surface area contributed by atoms with E-state index >= 15 is 0 Å². The Kier molecular flexibility index (Phi) is 4.51. The minimum atomic E-state index is 0.117. The maximum absolute atomic E-state index is 5.69. The van der Waals surface area contributed by atoms with Gasteiger partial charge in [-0.3, -0.25) is 0 Å². The van der Waals surface area contributed by atoms with E-state index in [1.165, 1.54) is 43.6 Å². The van der Waals surface area contributed by atoms with Gasteiger partial charge >= 0.3 is 0 Å². The van der Waals surface area contributed by atoms with Crippen LogP contribution in [0.3, 0.4) is 0 Å². The zero-order valence-electron chi connectivity index (χ0n) is 13.4. The average molecular weight is 288 g/mol. The lowest BCUT2D eigenvalue weighted by Gasteiger charge is -2.30. The van der Waals surface area contributed by atoms with E-state index in [4.69, 9.17) is 4.74 Å². The highest BCUT2D eigenvalue weighted by Gasteiger charge is 2.36. The highest BCUT2D eigenvalue weighted by Crippen LogP contribution is 2.26. The van der Waals surface area contributed by atoms with Gasteiger partial charge in [0.1, 0.15) is 0 Å². The molecule has 1 aromatic rings. The first kappa shape index (κ1) is 14.9. The van der Waals surface area contributed by atoms with E-state index in [2.05, 4.69) is 48.3 Å². The van der Waals surface area contributed by atoms with Gasteiger partial charge in [-0.2, -0.15) is 0 Å². The van der Waals surface area contributed by atoms with Gasteiger partial charge in [0.15, 0.2) is 0 Å². The van der Waals surface area contributed by atoms with Crippen molar-refractivity contribution in [1.29, 1.82) is 0 Å². The summed E-state index contributed by atoms with van der Waals surface area (Å²) in [7, 11) is 0. The van der Waals surface area contributed by atoms with Crippen LogP contribution in [0, 0.1) is 0 Å². The number of hydrogen-bond donors (Lipinski definition) is 1. The lowest BCUT2D eigenvalue weighted by molar-refractivity contribution is 0.0881. The number of piperidine rings is 1. The monoisotopic (exact) mass is 288 g/mol. The zero-order chi connectivity index (χ0) is 14.7. The predicted molar refractivity (Wildman–Crippen MR) is 87.8 cm³/mol. The van der Waals surface area contributed by atoms with E-state index in [0.717, 1.165) is 19.6 Å². The van der Waals surface area contributed by atoms with Crippen LogP contribution in [-0.4, -0.2) is 31.3 Å². The van der Waals surface area contributed by atoms with Crippen molar-refractivity contribution in [2.24, 2.45) is 0 Å². The number of hydrogen-bond acceptors (Lipinski definition) is 3. The average Bonchev–Trinajstić information content (AvgIpc) is 2.87. The van der Waals surface area contributed by atoms with E-state index in [0.29, 0.717) is 6.10 Å². The summed E-state index contributed by atoms with van der Waals surface area (Å²) in [6, 6.07) is 9.08. The van der Waals surface area contributed by atoms with Gasteiger partial charge in [-0.1, -0.05) is 12.1 Å². The van der Waals surface area contributed by atoms with Crippen LogP contribution in [0.5, 0.6) is 0 Å². The van der Waals surface area contributed by atoms with Gasteiger partial charge < -0.3 is 15.0 Å². The summed E-state index contributed by atoms with van der Waals surface area (Å²) in [5.74, 6) is 0. The molecule has 0 aromatic heterocycles. The second-order valence-corrected chi connectivity index (χ2v) is 6.75. The van der Waals surface area contributed by atoms with Crippen LogP contribution < -0.4 is 10.2 Å². The number of benzene rings is 1. The Balaban J connectivity index is 1.57. The molecule has 116 valence electrons. The highest BCUT2D eigenvalue weighted by molar-refractivity contribution is 5.47. The first-order valence-electron chi connectivity index (χ1n) is 8.38. The number of rotatable bonds is 4. The molecule has 2 atom stereocenters. The minimum Gasteiger partial charge on any atom is -0.377 e. The van der Waals surface area contributed by atoms with Crippen LogP contribution in [0.25, 0.3) is 0 Å². The van der Waals surface area contributed by atoms with Gasteiger partial charge in [-0.25, -0.2) is 0 Å². The Morgan fingerprint density at radius 2 is 1.90 bits per heavy atom.